The number of benzene rings is 1. The SMILES string of the molecule is C=CCN1CCNc2ccccc2C1. The molecule has 74 valence electrons. The molecule has 0 radical (unpaired) electrons. The van der Waals surface area contributed by atoms with Crippen LogP contribution in [-0.4, -0.2) is 24.5 Å². The van der Waals surface area contributed by atoms with Gasteiger partial charge in [-0.15, -0.1) is 6.58 Å². The third-order valence-corrected chi connectivity index (χ3v) is 2.54. The van der Waals surface area contributed by atoms with E-state index < -0.39 is 0 Å². The molecule has 1 N–H and O–H groups in total. The minimum atomic E-state index is 0.968. The fourth-order valence-corrected chi connectivity index (χ4v) is 1.84. The van der Waals surface area contributed by atoms with Crippen LogP contribution in [0, 0.1) is 0 Å². The maximum absolute atomic E-state index is 3.78. The largest absolute Gasteiger partial charge is 0.383 e. The molecule has 0 bridgehead atoms. The molecule has 0 atom stereocenters. The summed E-state index contributed by atoms with van der Waals surface area (Å²) in [7, 11) is 0. The summed E-state index contributed by atoms with van der Waals surface area (Å²) in [6.07, 6.45) is 1.97. The Morgan fingerprint density at radius 3 is 3.14 bits per heavy atom. The van der Waals surface area contributed by atoms with E-state index in [1.54, 1.807) is 0 Å². The third kappa shape index (κ3) is 1.96. The zero-order valence-electron chi connectivity index (χ0n) is 8.37. The molecule has 0 aliphatic carbocycles. The van der Waals surface area contributed by atoms with Gasteiger partial charge in [0.2, 0.25) is 0 Å². The van der Waals surface area contributed by atoms with Crippen molar-refractivity contribution in [3.05, 3.63) is 42.5 Å². The summed E-state index contributed by atoms with van der Waals surface area (Å²) in [6.45, 7) is 7.87. The van der Waals surface area contributed by atoms with Gasteiger partial charge in [0.1, 0.15) is 0 Å². The first-order chi connectivity index (χ1) is 6.90. The Morgan fingerprint density at radius 1 is 1.43 bits per heavy atom. The number of para-hydroxylation sites is 1. The van der Waals surface area contributed by atoms with Crippen LogP contribution in [0.4, 0.5) is 5.69 Å². The molecule has 0 aromatic heterocycles. The molecule has 0 saturated heterocycles. The van der Waals surface area contributed by atoms with Crippen LogP contribution in [0.25, 0.3) is 0 Å². The van der Waals surface area contributed by atoms with Gasteiger partial charge >= 0.3 is 0 Å². The van der Waals surface area contributed by atoms with Crippen molar-refractivity contribution in [1.29, 1.82) is 0 Å². The molecular formula is C12H16N2. The number of hydrogen-bond acceptors (Lipinski definition) is 2. The number of nitrogens with one attached hydrogen (secondary N) is 1. The highest BCUT2D eigenvalue weighted by Gasteiger charge is 2.11. The predicted molar refractivity (Wildman–Crippen MR) is 60.4 cm³/mol. The Balaban J connectivity index is 2.17. The fourth-order valence-electron chi connectivity index (χ4n) is 1.84. The highest BCUT2D eigenvalue weighted by Crippen LogP contribution is 2.19. The molecule has 2 rings (SSSR count). The summed E-state index contributed by atoms with van der Waals surface area (Å²) >= 11 is 0. The first kappa shape index (κ1) is 9.28. The smallest absolute Gasteiger partial charge is 0.0386 e. The van der Waals surface area contributed by atoms with Gasteiger partial charge in [-0.05, 0) is 11.6 Å². The lowest BCUT2D eigenvalue weighted by Crippen LogP contribution is -2.25. The van der Waals surface area contributed by atoms with E-state index in [0.717, 1.165) is 26.2 Å². The van der Waals surface area contributed by atoms with Gasteiger partial charge in [0.25, 0.3) is 0 Å². The van der Waals surface area contributed by atoms with Gasteiger partial charge in [-0.1, -0.05) is 24.3 Å². The van der Waals surface area contributed by atoms with E-state index in [1.807, 2.05) is 6.08 Å². The molecule has 0 unspecified atom stereocenters. The Bertz CT molecular complexity index is 320. The van der Waals surface area contributed by atoms with Crippen molar-refractivity contribution in [3.63, 3.8) is 0 Å². The van der Waals surface area contributed by atoms with Crippen LogP contribution in [0.1, 0.15) is 5.56 Å². The summed E-state index contributed by atoms with van der Waals surface area (Å²) in [5, 5.41) is 3.44. The van der Waals surface area contributed by atoms with Crippen molar-refractivity contribution in [2.75, 3.05) is 25.0 Å². The topological polar surface area (TPSA) is 15.3 Å². The standard InChI is InChI=1S/C12H16N2/c1-2-8-14-9-7-13-12-6-4-3-5-11(12)10-14/h2-6,13H,1,7-10H2. The third-order valence-electron chi connectivity index (χ3n) is 2.54. The molecule has 1 heterocycles. The lowest BCUT2D eigenvalue weighted by molar-refractivity contribution is 0.312. The quantitative estimate of drug-likeness (QED) is 0.715. The Morgan fingerprint density at radius 2 is 2.29 bits per heavy atom. The molecule has 2 heteroatoms. The van der Waals surface area contributed by atoms with E-state index in [9.17, 15) is 0 Å². The molecule has 0 amide bonds. The number of fused-ring (bicyclic) bond motifs is 1. The molecule has 0 spiro atoms. The van der Waals surface area contributed by atoms with E-state index >= 15 is 0 Å². The molecule has 2 nitrogen and oxygen atoms in total. The van der Waals surface area contributed by atoms with Crippen molar-refractivity contribution in [2.24, 2.45) is 0 Å². The van der Waals surface area contributed by atoms with Crippen LogP contribution < -0.4 is 5.32 Å². The van der Waals surface area contributed by atoms with Gasteiger partial charge in [-0.25, -0.2) is 0 Å². The molecular weight excluding hydrogens is 172 g/mol. The van der Waals surface area contributed by atoms with Crippen LogP contribution in [-0.2, 0) is 6.54 Å². The van der Waals surface area contributed by atoms with Gasteiger partial charge in [0.15, 0.2) is 0 Å². The van der Waals surface area contributed by atoms with Crippen LogP contribution in [0.15, 0.2) is 36.9 Å². The summed E-state index contributed by atoms with van der Waals surface area (Å²) < 4.78 is 0. The average molecular weight is 188 g/mol. The predicted octanol–water partition coefficient (Wildman–Crippen LogP) is 2.10. The maximum atomic E-state index is 3.78. The molecule has 1 aromatic rings. The minimum absolute atomic E-state index is 0.968. The average Bonchev–Trinajstić information content (AvgIpc) is 2.40. The molecule has 0 saturated carbocycles. The number of anilines is 1. The summed E-state index contributed by atoms with van der Waals surface area (Å²) in [5.41, 5.74) is 2.66. The zero-order valence-corrected chi connectivity index (χ0v) is 8.37. The van der Waals surface area contributed by atoms with Gasteiger partial charge in [-0.3, -0.25) is 4.90 Å². The van der Waals surface area contributed by atoms with Crippen LogP contribution in [0.5, 0.6) is 0 Å². The number of nitrogens with zero attached hydrogens (tertiary/aromatic N) is 1. The second-order valence-electron chi connectivity index (χ2n) is 3.61. The highest BCUT2D eigenvalue weighted by molar-refractivity contribution is 5.51. The maximum Gasteiger partial charge on any atom is 0.0386 e. The molecule has 0 fully saturated rings. The summed E-state index contributed by atoms with van der Waals surface area (Å²) in [4.78, 5) is 2.39. The summed E-state index contributed by atoms with van der Waals surface area (Å²) in [5.74, 6) is 0. The summed E-state index contributed by atoms with van der Waals surface area (Å²) in [6, 6.07) is 8.50. The van der Waals surface area contributed by atoms with Crippen LogP contribution in [0.2, 0.25) is 0 Å². The van der Waals surface area contributed by atoms with Crippen molar-refractivity contribution >= 4 is 5.69 Å². The van der Waals surface area contributed by atoms with Crippen molar-refractivity contribution in [3.8, 4) is 0 Å². The number of hydrogen-bond donors (Lipinski definition) is 1. The Kier molecular flexibility index (Phi) is 2.84. The van der Waals surface area contributed by atoms with Gasteiger partial charge < -0.3 is 5.32 Å². The van der Waals surface area contributed by atoms with E-state index in [1.165, 1.54) is 11.3 Å². The monoisotopic (exact) mass is 188 g/mol. The lowest BCUT2D eigenvalue weighted by Gasteiger charge is -2.17. The molecule has 14 heavy (non-hydrogen) atoms. The lowest BCUT2D eigenvalue weighted by atomic mass is 10.2. The van der Waals surface area contributed by atoms with Crippen molar-refractivity contribution in [1.82, 2.24) is 4.90 Å². The molecule has 1 aliphatic rings. The van der Waals surface area contributed by atoms with Gasteiger partial charge in [0, 0.05) is 31.9 Å². The Hall–Kier alpha value is -1.28. The van der Waals surface area contributed by atoms with Crippen LogP contribution >= 0.6 is 0 Å². The molecule has 1 aromatic carbocycles. The van der Waals surface area contributed by atoms with E-state index in [2.05, 4.69) is 41.1 Å². The van der Waals surface area contributed by atoms with Crippen LogP contribution in [0.3, 0.4) is 0 Å². The van der Waals surface area contributed by atoms with Crippen molar-refractivity contribution < 1.29 is 0 Å². The molecule has 1 aliphatic heterocycles. The minimum Gasteiger partial charge on any atom is -0.383 e. The normalized spacial score (nSPS) is 16.6. The second-order valence-corrected chi connectivity index (χ2v) is 3.61. The highest BCUT2D eigenvalue weighted by atomic mass is 15.1. The fraction of sp³-hybridized carbons (Fsp3) is 0.333. The van der Waals surface area contributed by atoms with Gasteiger partial charge in [0.05, 0.1) is 0 Å². The van der Waals surface area contributed by atoms with E-state index in [4.69, 9.17) is 0 Å². The number of rotatable bonds is 2. The Labute approximate surface area is 85.2 Å². The van der Waals surface area contributed by atoms with E-state index in [-0.39, 0.29) is 0 Å². The van der Waals surface area contributed by atoms with E-state index in [0.29, 0.717) is 0 Å². The zero-order chi connectivity index (χ0) is 9.80. The second kappa shape index (κ2) is 4.29. The van der Waals surface area contributed by atoms with Crippen molar-refractivity contribution in [2.45, 2.75) is 6.54 Å². The first-order valence-corrected chi connectivity index (χ1v) is 5.05. The van der Waals surface area contributed by atoms with Gasteiger partial charge in [-0.2, -0.15) is 0 Å². The first-order valence-electron chi connectivity index (χ1n) is 5.05.